The minimum Gasteiger partial charge on any atom is -0.480 e. The molecular weight excluding hydrogens is 362 g/mol. The van der Waals surface area contributed by atoms with Gasteiger partial charge in [-0.15, -0.1) is 0 Å². The van der Waals surface area contributed by atoms with Gasteiger partial charge in [0.05, 0.1) is 12.9 Å². The fraction of sp³-hybridized carbons (Fsp3) is 0.588. The number of nitrogens with one attached hydrogen (secondary N) is 1. The van der Waals surface area contributed by atoms with E-state index in [0.717, 1.165) is 0 Å². The monoisotopic (exact) mass is 387 g/mol. The number of amides is 1. The first-order valence-corrected chi connectivity index (χ1v) is 9.16. The first-order valence-electron chi connectivity index (χ1n) is 8.01. The number of esters is 1. The Morgan fingerprint density at radius 2 is 2.00 bits per heavy atom. The van der Waals surface area contributed by atoms with Gasteiger partial charge < -0.3 is 24.3 Å². The molecule has 146 valence electrons. The molecule has 2 N–H and O–H groups in total. The molecule has 1 unspecified atom stereocenters. The molecule has 1 amide bonds. The van der Waals surface area contributed by atoms with Crippen molar-refractivity contribution in [1.82, 2.24) is 5.32 Å². The molecule has 0 spiro atoms. The second-order valence-electron chi connectivity index (χ2n) is 6.55. The zero-order valence-electron chi connectivity index (χ0n) is 15.6. The van der Waals surface area contributed by atoms with Crippen molar-refractivity contribution in [2.75, 3.05) is 12.9 Å². The number of thioether (sulfide) groups is 1. The summed E-state index contributed by atoms with van der Waals surface area (Å²) in [6.07, 6.45) is -0.540. The highest BCUT2D eigenvalue weighted by Gasteiger charge is 2.23. The number of hydrogen-bond acceptors (Lipinski definition) is 7. The smallest absolute Gasteiger partial charge is 0.408 e. The van der Waals surface area contributed by atoms with E-state index in [0.29, 0.717) is 28.6 Å². The first kappa shape index (κ1) is 21.9. The van der Waals surface area contributed by atoms with Crippen molar-refractivity contribution in [3.05, 3.63) is 23.2 Å². The maximum atomic E-state index is 11.7. The molecule has 0 aliphatic carbocycles. The van der Waals surface area contributed by atoms with Crippen LogP contribution in [-0.2, 0) is 20.0 Å². The van der Waals surface area contributed by atoms with Gasteiger partial charge in [0.15, 0.2) is 0 Å². The number of hydrogen-bond donors (Lipinski definition) is 2. The lowest BCUT2D eigenvalue weighted by Gasteiger charge is -2.21. The maximum Gasteiger partial charge on any atom is 0.408 e. The minimum atomic E-state index is -1.13. The van der Waals surface area contributed by atoms with Crippen LogP contribution in [0.5, 0.6) is 0 Å². The van der Waals surface area contributed by atoms with Crippen LogP contribution in [0.15, 0.2) is 10.5 Å². The largest absolute Gasteiger partial charge is 0.480 e. The zero-order valence-corrected chi connectivity index (χ0v) is 16.4. The van der Waals surface area contributed by atoms with Crippen LogP contribution >= 0.6 is 11.8 Å². The number of carboxylic acids is 1. The lowest BCUT2D eigenvalue weighted by Crippen LogP contribution is -2.43. The predicted molar refractivity (Wildman–Crippen MR) is 96.4 cm³/mol. The van der Waals surface area contributed by atoms with Crippen molar-refractivity contribution >= 4 is 29.8 Å². The number of carboxylic acid groups (broad SMARTS) is 1. The van der Waals surface area contributed by atoms with Crippen LogP contribution in [0, 0.1) is 6.92 Å². The van der Waals surface area contributed by atoms with Crippen LogP contribution in [0.2, 0.25) is 0 Å². The third-order valence-corrected chi connectivity index (χ3v) is 4.17. The molecule has 0 aliphatic heterocycles. The lowest BCUT2D eigenvalue weighted by atomic mass is 10.2. The highest BCUT2D eigenvalue weighted by Crippen LogP contribution is 2.21. The molecule has 8 nitrogen and oxygen atoms in total. The minimum absolute atomic E-state index is 0.225. The van der Waals surface area contributed by atoms with Crippen molar-refractivity contribution in [3.8, 4) is 0 Å². The number of carbonyl (C=O) groups excluding carboxylic acids is 2. The normalized spacial score (nSPS) is 12.3. The van der Waals surface area contributed by atoms with Crippen LogP contribution in [-0.4, -0.2) is 47.6 Å². The van der Waals surface area contributed by atoms with Gasteiger partial charge in [-0.3, -0.25) is 0 Å². The Balaban J connectivity index is 2.48. The summed E-state index contributed by atoms with van der Waals surface area (Å²) in [5.41, 5.74) is -0.325. The van der Waals surface area contributed by atoms with Gasteiger partial charge in [0.2, 0.25) is 0 Å². The molecule has 1 atom stereocenters. The molecule has 0 aromatic carbocycles. The fourth-order valence-electron chi connectivity index (χ4n) is 2.01. The van der Waals surface area contributed by atoms with Crippen molar-refractivity contribution in [2.45, 2.75) is 51.5 Å². The summed E-state index contributed by atoms with van der Waals surface area (Å²) in [6, 6.07) is 0.572. The van der Waals surface area contributed by atoms with Crippen LogP contribution in [0.4, 0.5) is 4.79 Å². The van der Waals surface area contributed by atoms with Crippen LogP contribution in [0.1, 0.15) is 49.1 Å². The summed E-state index contributed by atoms with van der Waals surface area (Å²) >= 11 is 1.43. The highest BCUT2D eigenvalue weighted by atomic mass is 32.2. The predicted octanol–water partition coefficient (Wildman–Crippen LogP) is 2.98. The van der Waals surface area contributed by atoms with Gasteiger partial charge in [0, 0.05) is 0 Å². The number of methoxy groups -OCH3 is 1. The Bertz CT molecular complexity index is 648. The molecule has 9 heteroatoms. The average Bonchev–Trinajstić information content (AvgIpc) is 2.88. The Labute approximate surface area is 156 Å². The first-order chi connectivity index (χ1) is 12.0. The Morgan fingerprint density at radius 3 is 2.54 bits per heavy atom. The molecule has 0 saturated carbocycles. The van der Waals surface area contributed by atoms with Gasteiger partial charge in [0.25, 0.3) is 0 Å². The fourth-order valence-corrected chi connectivity index (χ4v) is 2.90. The van der Waals surface area contributed by atoms with E-state index in [-0.39, 0.29) is 6.42 Å². The Morgan fingerprint density at radius 1 is 1.35 bits per heavy atom. The number of carbonyl (C=O) groups is 3. The van der Waals surface area contributed by atoms with Gasteiger partial charge >= 0.3 is 18.0 Å². The number of aryl methyl sites for hydroxylation is 1. The summed E-state index contributed by atoms with van der Waals surface area (Å²) in [7, 11) is 1.30. The standard InChI is InChI=1S/C17H25NO7S/c1-10-12(15(21)23-5)8-11(24-10)9-26-7-6-13(14(19)20)18-16(22)25-17(2,3)4/h8,13H,6-7,9H2,1-5H3,(H,18,22)(H,19,20). The Kier molecular flexibility index (Phi) is 8.01. The van der Waals surface area contributed by atoms with Crippen LogP contribution < -0.4 is 5.32 Å². The molecule has 0 bridgehead atoms. The quantitative estimate of drug-likeness (QED) is 0.517. The summed E-state index contributed by atoms with van der Waals surface area (Å²) < 4.78 is 15.2. The van der Waals surface area contributed by atoms with Gasteiger partial charge in [-0.2, -0.15) is 11.8 Å². The number of alkyl carbamates (subject to hydrolysis) is 1. The maximum absolute atomic E-state index is 11.7. The molecule has 0 fully saturated rings. The summed E-state index contributed by atoms with van der Waals surface area (Å²) in [5.74, 6) is 0.423. The van der Waals surface area contributed by atoms with Gasteiger partial charge in [-0.05, 0) is 45.9 Å². The van der Waals surface area contributed by atoms with E-state index in [4.69, 9.17) is 9.15 Å². The molecule has 1 heterocycles. The average molecular weight is 387 g/mol. The molecule has 26 heavy (non-hydrogen) atoms. The molecular formula is C17H25NO7S. The number of aliphatic carboxylic acids is 1. The van der Waals surface area contributed by atoms with Gasteiger partial charge in [-0.1, -0.05) is 0 Å². The highest BCUT2D eigenvalue weighted by molar-refractivity contribution is 7.98. The summed E-state index contributed by atoms with van der Waals surface area (Å²) in [6.45, 7) is 6.77. The third-order valence-electron chi connectivity index (χ3n) is 3.16. The van der Waals surface area contributed by atoms with E-state index in [9.17, 15) is 19.5 Å². The van der Waals surface area contributed by atoms with Crippen LogP contribution in [0.3, 0.4) is 0 Å². The topological polar surface area (TPSA) is 115 Å². The van der Waals surface area contributed by atoms with Crippen molar-refractivity contribution < 1.29 is 33.4 Å². The van der Waals surface area contributed by atoms with Crippen molar-refractivity contribution in [3.63, 3.8) is 0 Å². The molecule has 0 saturated heterocycles. The molecule has 1 rings (SSSR count). The number of rotatable bonds is 8. The van der Waals surface area contributed by atoms with E-state index in [1.807, 2.05) is 0 Å². The summed E-state index contributed by atoms with van der Waals surface area (Å²) in [4.78, 5) is 34.5. The van der Waals surface area contributed by atoms with E-state index in [1.165, 1.54) is 18.9 Å². The SMILES string of the molecule is COC(=O)c1cc(CSCCC(NC(=O)OC(C)(C)C)C(=O)O)oc1C. The van der Waals surface area contributed by atoms with Crippen molar-refractivity contribution in [1.29, 1.82) is 0 Å². The lowest BCUT2D eigenvalue weighted by molar-refractivity contribution is -0.139. The van der Waals surface area contributed by atoms with E-state index in [2.05, 4.69) is 10.1 Å². The molecule has 1 aromatic rings. The van der Waals surface area contributed by atoms with Crippen LogP contribution in [0.25, 0.3) is 0 Å². The summed E-state index contributed by atoms with van der Waals surface area (Å²) in [5, 5.41) is 11.6. The molecule has 1 aromatic heterocycles. The number of ether oxygens (including phenoxy) is 2. The zero-order chi connectivity index (χ0) is 19.9. The Hall–Kier alpha value is -2.16. The van der Waals surface area contributed by atoms with E-state index >= 15 is 0 Å². The molecule has 0 aliphatic rings. The van der Waals surface area contributed by atoms with Gasteiger partial charge in [0.1, 0.15) is 28.7 Å². The van der Waals surface area contributed by atoms with E-state index in [1.54, 1.807) is 33.8 Å². The second-order valence-corrected chi connectivity index (χ2v) is 7.66. The van der Waals surface area contributed by atoms with E-state index < -0.39 is 29.7 Å². The molecule has 0 radical (unpaired) electrons. The van der Waals surface area contributed by atoms with Gasteiger partial charge in [-0.25, -0.2) is 14.4 Å². The number of furan rings is 1. The second kappa shape index (κ2) is 9.51. The third kappa shape index (κ3) is 7.38. The van der Waals surface area contributed by atoms with Crippen molar-refractivity contribution in [2.24, 2.45) is 0 Å².